The van der Waals surface area contributed by atoms with Gasteiger partial charge in [-0.05, 0) is 37.1 Å². The Morgan fingerprint density at radius 3 is 2.82 bits per heavy atom. The van der Waals surface area contributed by atoms with Gasteiger partial charge in [0.25, 0.3) is 5.91 Å². The molecule has 1 aromatic carbocycles. The third-order valence-electron chi connectivity index (χ3n) is 5.77. The van der Waals surface area contributed by atoms with Gasteiger partial charge in [-0.2, -0.15) is 0 Å². The van der Waals surface area contributed by atoms with Crippen LogP contribution in [-0.4, -0.2) is 56.7 Å². The predicted molar refractivity (Wildman–Crippen MR) is 97.6 cm³/mol. The van der Waals surface area contributed by atoms with Gasteiger partial charge in [0, 0.05) is 31.0 Å². The molecule has 1 aromatic heterocycles. The number of nitrogens with one attached hydrogen (secondary N) is 2. The summed E-state index contributed by atoms with van der Waals surface area (Å²) in [6.45, 7) is 2.26. The Bertz CT molecular complexity index is 978. The molecule has 0 radical (unpaired) electrons. The monoisotopic (exact) mass is 380 g/mol. The zero-order valence-electron chi connectivity index (χ0n) is 15.2. The molecule has 2 N–H and O–H groups in total. The lowest BCUT2D eigenvalue weighted by atomic mass is 10.0. The first kappa shape index (κ1) is 17.1. The van der Waals surface area contributed by atoms with Crippen LogP contribution in [0, 0.1) is 0 Å². The summed E-state index contributed by atoms with van der Waals surface area (Å²) >= 11 is 0. The van der Waals surface area contributed by atoms with Crippen molar-refractivity contribution < 1.29 is 14.4 Å². The Labute approximate surface area is 161 Å². The van der Waals surface area contributed by atoms with E-state index in [4.69, 9.17) is 0 Å². The Morgan fingerprint density at radius 1 is 1.14 bits per heavy atom. The molecule has 4 heterocycles. The molecule has 5 rings (SSSR count). The molecule has 2 aromatic rings. The standard InChI is InChI=1S/C19H20N6O3/c26-17-4-3-16(18(27)21-17)24-9-12-1-2-13(7-14(12)19(24)28)25-10-15(22-23-25)11-5-6-20-8-11/h1-2,7,10-11,16,20H,3-6,8-9H2,(H,21,26,27). The van der Waals surface area contributed by atoms with E-state index in [0.29, 0.717) is 24.4 Å². The van der Waals surface area contributed by atoms with Crippen LogP contribution in [0.4, 0.5) is 0 Å². The van der Waals surface area contributed by atoms with Gasteiger partial charge in [0.15, 0.2) is 0 Å². The highest BCUT2D eigenvalue weighted by atomic mass is 16.2. The van der Waals surface area contributed by atoms with Crippen LogP contribution in [0.2, 0.25) is 0 Å². The number of amides is 3. The van der Waals surface area contributed by atoms with E-state index < -0.39 is 11.9 Å². The fraction of sp³-hybridized carbons (Fsp3) is 0.421. The van der Waals surface area contributed by atoms with Gasteiger partial charge in [0.2, 0.25) is 11.8 Å². The number of carbonyl (C=O) groups excluding carboxylic acids is 3. The predicted octanol–water partition coefficient (Wildman–Crippen LogP) is 0.105. The van der Waals surface area contributed by atoms with Crippen molar-refractivity contribution in [1.29, 1.82) is 0 Å². The Morgan fingerprint density at radius 2 is 2.04 bits per heavy atom. The fourth-order valence-corrected chi connectivity index (χ4v) is 4.18. The molecule has 9 heteroatoms. The van der Waals surface area contributed by atoms with Crippen molar-refractivity contribution in [3.05, 3.63) is 41.2 Å². The van der Waals surface area contributed by atoms with E-state index in [2.05, 4.69) is 20.9 Å². The number of hydrogen-bond acceptors (Lipinski definition) is 6. The molecule has 9 nitrogen and oxygen atoms in total. The topological polar surface area (TPSA) is 109 Å². The van der Waals surface area contributed by atoms with Gasteiger partial charge in [-0.1, -0.05) is 11.3 Å². The van der Waals surface area contributed by atoms with E-state index in [-0.39, 0.29) is 18.2 Å². The summed E-state index contributed by atoms with van der Waals surface area (Å²) in [6, 6.07) is 5.00. The summed E-state index contributed by atoms with van der Waals surface area (Å²) in [5.41, 5.74) is 3.16. The molecule has 2 atom stereocenters. The first-order valence-electron chi connectivity index (χ1n) is 9.51. The van der Waals surface area contributed by atoms with Crippen molar-refractivity contribution >= 4 is 17.7 Å². The number of hydrogen-bond donors (Lipinski definition) is 2. The highest BCUT2D eigenvalue weighted by Gasteiger charge is 2.39. The van der Waals surface area contributed by atoms with Gasteiger partial charge in [-0.15, -0.1) is 5.10 Å². The number of carbonyl (C=O) groups is 3. The summed E-state index contributed by atoms with van der Waals surface area (Å²) in [4.78, 5) is 38.0. The van der Waals surface area contributed by atoms with E-state index in [9.17, 15) is 14.4 Å². The third kappa shape index (κ3) is 2.78. The highest BCUT2D eigenvalue weighted by Crippen LogP contribution is 2.29. The second kappa shape index (κ2) is 6.52. The van der Waals surface area contributed by atoms with Crippen molar-refractivity contribution in [3.8, 4) is 5.69 Å². The Hall–Kier alpha value is -3.07. The Kier molecular flexibility index (Phi) is 3.97. The molecule has 3 aliphatic rings. The smallest absolute Gasteiger partial charge is 0.255 e. The lowest BCUT2D eigenvalue weighted by Gasteiger charge is -2.29. The zero-order chi connectivity index (χ0) is 19.3. The molecule has 144 valence electrons. The van der Waals surface area contributed by atoms with Crippen LogP contribution in [0.1, 0.15) is 46.8 Å². The minimum Gasteiger partial charge on any atom is -0.322 e. The van der Waals surface area contributed by atoms with E-state index in [1.54, 1.807) is 15.6 Å². The van der Waals surface area contributed by atoms with Crippen molar-refractivity contribution in [1.82, 2.24) is 30.5 Å². The molecule has 2 unspecified atom stereocenters. The van der Waals surface area contributed by atoms with E-state index >= 15 is 0 Å². The van der Waals surface area contributed by atoms with Crippen LogP contribution in [0.5, 0.6) is 0 Å². The molecule has 2 fully saturated rings. The number of aromatic nitrogens is 3. The van der Waals surface area contributed by atoms with Crippen LogP contribution in [0.3, 0.4) is 0 Å². The van der Waals surface area contributed by atoms with Crippen molar-refractivity contribution in [2.75, 3.05) is 13.1 Å². The highest BCUT2D eigenvalue weighted by molar-refractivity contribution is 6.05. The largest absolute Gasteiger partial charge is 0.322 e. The van der Waals surface area contributed by atoms with Crippen molar-refractivity contribution in [2.45, 2.75) is 37.8 Å². The molecule has 0 saturated carbocycles. The average molecular weight is 380 g/mol. The molecule has 0 bridgehead atoms. The third-order valence-corrected chi connectivity index (χ3v) is 5.77. The first-order chi connectivity index (χ1) is 13.6. The molecule has 28 heavy (non-hydrogen) atoms. The van der Waals surface area contributed by atoms with E-state index in [1.807, 2.05) is 18.3 Å². The second-order valence-corrected chi connectivity index (χ2v) is 7.52. The van der Waals surface area contributed by atoms with Crippen molar-refractivity contribution in [3.63, 3.8) is 0 Å². The average Bonchev–Trinajstić information content (AvgIpc) is 3.42. The van der Waals surface area contributed by atoms with Gasteiger partial charge in [0.05, 0.1) is 17.6 Å². The number of imide groups is 1. The number of rotatable bonds is 3. The Balaban J connectivity index is 1.39. The van der Waals surface area contributed by atoms with Crippen LogP contribution in [0.25, 0.3) is 5.69 Å². The minimum absolute atomic E-state index is 0.188. The van der Waals surface area contributed by atoms with Crippen LogP contribution < -0.4 is 10.6 Å². The van der Waals surface area contributed by atoms with Gasteiger partial charge < -0.3 is 10.2 Å². The lowest BCUT2D eigenvalue weighted by Crippen LogP contribution is -2.52. The molecular formula is C19H20N6O3. The fourth-order valence-electron chi connectivity index (χ4n) is 4.18. The molecular weight excluding hydrogens is 360 g/mol. The summed E-state index contributed by atoms with van der Waals surface area (Å²) in [7, 11) is 0. The molecule has 3 aliphatic heterocycles. The summed E-state index contributed by atoms with van der Waals surface area (Å²) in [5.74, 6) is -0.504. The van der Waals surface area contributed by atoms with Gasteiger partial charge in [0.1, 0.15) is 6.04 Å². The normalized spacial score (nSPS) is 24.6. The molecule has 0 spiro atoms. The molecule has 0 aliphatic carbocycles. The number of nitrogens with zero attached hydrogens (tertiary/aromatic N) is 4. The number of piperidine rings is 1. The van der Waals surface area contributed by atoms with Crippen LogP contribution in [-0.2, 0) is 16.1 Å². The number of fused-ring (bicyclic) bond motifs is 1. The number of benzene rings is 1. The van der Waals surface area contributed by atoms with Gasteiger partial charge >= 0.3 is 0 Å². The van der Waals surface area contributed by atoms with Gasteiger partial charge in [-0.25, -0.2) is 4.68 Å². The van der Waals surface area contributed by atoms with E-state index in [0.717, 1.165) is 36.5 Å². The second-order valence-electron chi connectivity index (χ2n) is 7.52. The van der Waals surface area contributed by atoms with Gasteiger partial charge in [-0.3, -0.25) is 19.7 Å². The molecule has 3 amide bonds. The first-order valence-corrected chi connectivity index (χ1v) is 9.51. The van der Waals surface area contributed by atoms with Crippen LogP contribution >= 0.6 is 0 Å². The minimum atomic E-state index is -0.603. The summed E-state index contributed by atoms with van der Waals surface area (Å²) in [5, 5.41) is 14.2. The maximum atomic E-state index is 12.9. The quantitative estimate of drug-likeness (QED) is 0.732. The summed E-state index contributed by atoms with van der Waals surface area (Å²) < 4.78 is 1.69. The van der Waals surface area contributed by atoms with Crippen molar-refractivity contribution in [2.24, 2.45) is 0 Å². The lowest BCUT2D eigenvalue weighted by molar-refractivity contribution is -0.136. The maximum Gasteiger partial charge on any atom is 0.255 e. The maximum absolute atomic E-state index is 12.9. The van der Waals surface area contributed by atoms with E-state index in [1.165, 1.54) is 0 Å². The SMILES string of the molecule is O=C1CCC(N2Cc3ccc(-n4cc(C5CCNC5)nn4)cc3C2=O)C(=O)N1. The summed E-state index contributed by atoms with van der Waals surface area (Å²) in [6.07, 6.45) is 3.57. The molecule has 2 saturated heterocycles. The zero-order valence-corrected chi connectivity index (χ0v) is 15.2. The van der Waals surface area contributed by atoms with Crippen LogP contribution in [0.15, 0.2) is 24.4 Å².